The molecule has 0 aliphatic rings. The molecule has 0 bridgehead atoms. The lowest BCUT2D eigenvalue weighted by Crippen LogP contribution is -2.17. The van der Waals surface area contributed by atoms with E-state index < -0.39 is 0 Å². The summed E-state index contributed by atoms with van der Waals surface area (Å²) in [6, 6.07) is 7.85. The Morgan fingerprint density at radius 3 is 2.89 bits per heavy atom. The van der Waals surface area contributed by atoms with Gasteiger partial charge in [0.05, 0.1) is 0 Å². The van der Waals surface area contributed by atoms with Gasteiger partial charge in [0.1, 0.15) is 11.3 Å². The zero-order valence-electron chi connectivity index (χ0n) is 11.0. The molecule has 1 aromatic heterocycles. The molecule has 3 heteroatoms. The van der Waals surface area contributed by atoms with Crippen molar-refractivity contribution in [2.24, 2.45) is 0 Å². The summed E-state index contributed by atoms with van der Waals surface area (Å²) in [5, 5.41) is 5.26. The van der Waals surface area contributed by atoms with Crippen LogP contribution in [0.3, 0.4) is 0 Å². The summed E-state index contributed by atoms with van der Waals surface area (Å²) < 4.78 is 5.86. The molecule has 0 spiro atoms. The van der Waals surface area contributed by atoms with E-state index in [1.54, 1.807) is 0 Å². The van der Waals surface area contributed by atoms with E-state index in [2.05, 4.69) is 25.2 Å². The number of furan rings is 1. The van der Waals surface area contributed by atoms with Gasteiger partial charge in [0.25, 0.3) is 0 Å². The van der Waals surface area contributed by atoms with Gasteiger partial charge in [-0.15, -0.1) is 0 Å². The predicted octanol–water partition coefficient (Wildman–Crippen LogP) is 4.58. The third kappa shape index (κ3) is 3.27. The fourth-order valence-corrected chi connectivity index (χ4v) is 2.22. The highest BCUT2D eigenvalue weighted by Crippen LogP contribution is 2.28. The molecule has 0 radical (unpaired) electrons. The molecule has 1 heterocycles. The smallest absolute Gasteiger partial charge is 0.134 e. The molecule has 0 saturated carbocycles. The summed E-state index contributed by atoms with van der Waals surface area (Å²) in [6.45, 7) is 6.50. The van der Waals surface area contributed by atoms with Gasteiger partial charge in [-0.2, -0.15) is 0 Å². The maximum absolute atomic E-state index is 5.97. The van der Waals surface area contributed by atoms with Gasteiger partial charge in [-0.3, -0.25) is 0 Å². The quantitative estimate of drug-likeness (QED) is 0.774. The van der Waals surface area contributed by atoms with Gasteiger partial charge in [-0.05, 0) is 50.2 Å². The second kappa shape index (κ2) is 6.26. The predicted molar refractivity (Wildman–Crippen MR) is 77.4 cm³/mol. The molecule has 2 aromatic rings. The molecule has 0 saturated heterocycles. The van der Waals surface area contributed by atoms with Gasteiger partial charge < -0.3 is 9.73 Å². The average molecular weight is 266 g/mol. The Hall–Kier alpha value is -0.990. The van der Waals surface area contributed by atoms with Crippen LogP contribution in [0.1, 0.15) is 38.4 Å². The van der Waals surface area contributed by atoms with Crippen molar-refractivity contribution in [3.8, 4) is 0 Å². The van der Waals surface area contributed by atoms with E-state index in [9.17, 15) is 0 Å². The summed E-state index contributed by atoms with van der Waals surface area (Å²) in [5.41, 5.74) is 0.919. The summed E-state index contributed by atoms with van der Waals surface area (Å²) in [4.78, 5) is 0. The second-order valence-electron chi connectivity index (χ2n) is 4.77. The maximum atomic E-state index is 5.97. The van der Waals surface area contributed by atoms with Crippen LogP contribution in [0.5, 0.6) is 0 Å². The van der Waals surface area contributed by atoms with E-state index in [-0.39, 0.29) is 0 Å². The first kappa shape index (κ1) is 13.4. The zero-order valence-corrected chi connectivity index (χ0v) is 11.8. The highest BCUT2D eigenvalue weighted by atomic mass is 35.5. The highest BCUT2D eigenvalue weighted by Gasteiger charge is 2.11. The molecular formula is C15H20ClNO. The topological polar surface area (TPSA) is 25.2 Å². The van der Waals surface area contributed by atoms with Gasteiger partial charge >= 0.3 is 0 Å². The molecule has 0 amide bonds. The van der Waals surface area contributed by atoms with E-state index in [4.69, 9.17) is 16.0 Å². The average Bonchev–Trinajstić information content (AvgIpc) is 2.77. The number of hydrogen-bond acceptors (Lipinski definition) is 2. The van der Waals surface area contributed by atoms with E-state index in [0.717, 1.165) is 41.3 Å². The highest BCUT2D eigenvalue weighted by molar-refractivity contribution is 6.31. The summed E-state index contributed by atoms with van der Waals surface area (Å²) in [7, 11) is 0. The number of rotatable bonds is 6. The van der Waals surface area contributed by atoms with Gasteiger partial charge in [0, 0.05) is 16.3 Å². The lowest BCUT2D eigenvalue weighted by atomic mass is 10.0. The summed E-state index contributed by atoms with van der Waals surface area (Å²) >= 11 is 5.97. The Kier molecular flexibility index (Phi) is 4.67. The molecule has 2 rings (SSSR count). The van der Waals surface area contributed by atoms with E-state index in [1.807, 2.05) is 18.2 Å². The molecule has 1 aromatic carbocycles. The van der Waals surface area contributed by atoms with Crippen molar-refractivity contribution in [1.82, 2.24) is 5.32 Å². The lowest BCUT2D eigenvalue weighted by Gasteiger charge is -2.08. The molecule has 0 aliphatic heterocycles. The van der Waals surface area contributed by atoms with Gasteiger partial charge in [0.2, 0.25) is 0 Å². The normalized spacial score (nSPS) is 13.1. The summed E-state index contributed by atoms with van der Waals surface area (Å²) in [6.07, 6.45) is 2.27. The van der Waals surface area contributed by atoms with Crippen molar-refractivity contribution in [3.63, 3.8) is 0 Å². The molecule has 1 unspecified atom stereocenters. The van der Waals surface area contributed by atoms with Crippen molar-refractivity contribution >= 4 is 22.6 Å². The summed E-state index contributed by atoms with van der Waals surface area (Å²) in [5.74, 6) is 1.48. The van der Waals surface area contributed by atoms with Crippen LogP contribution >= 0.6 is 11.6 Å². The van der Waals surface area contributed by atoms with Crippen LogP contribution in [0.2, 0.25) is 5.02 Å². The fourth-order valence-electron chi connectivity index (χ4n) is 2.04. The SMILES string of the molecule is CCCNCCC(C)c1cc2cc(Cl)ccc2o1. The molecule has 1 atom stereocenters. The van der Waals surface area contributed by atoms with E-state index >= 15 is 0 Å². The monoisotopic (exact) mass is 265 g/mol. The van der Waals surface area contributed by atoms with Gasteiger partial charge in [-0.1, -0.05) is 25.4 Å². The Balaban J connectivity index is 2.01. The molecule has 0 fully saturated rings. The van der Waals surface area contributed by atoms with Crippen molar-refractivity contribution in [3.05, 3.63) is 35.0 Å². The van der Waals surface area contributed by atoms with Crippen molar-refractivity contribution in [1.29, 1.82) is 0 Å². The van der Waals surface area contributed by atoms with Crippen molar-refractivity contribution < 1.29 is 4.42 Å². The standard InChI is InChI=1S/C15H20ClNO/c1-3-7-17-8-6-11(2)15-10-12-9-13(16)4-5-14(12)18-15/h4-5,9-11,17H,3,6-8H2,1-2H3. The molecule has 18 heavy (non-hydrogen) atoms. The minimum Gasteiger partial charge on any atom is -0.461 e. The van der Waals surface area contributed by atoms with Crippen LogP contribution in [0.4, 0.5) is 0 Å². The van der Waals surface area contributed by atoms with Crippen molar-refractivity contribution in [2.45, 2.75) is 32.6 Å². The number of nitrogens with one attached hydrogen (secondary N) is 1. The van der Waals surface area contributed by atoms with Gasteiger partial charge in [-0.25, -0.2) is 0 Å². The lowest BCUT2D eigenvalue weighted by molar-refractivity contribution is 0.478. The number of benzene rings is 1. The molecule has 98 valence electrons. The zero-order chi connectivity index (χ0) is 13.0. The third-order valence-corrected chi connectivity index (χ3v) is 3.40. The molecule has 0 aliphatic carbocycles. The Morgan fingerprint density at radius 2 is 2.11 bits per heavy atom. The van der Waals surface area contributed by atoms with Crippen LogP contribution in [-0.2, 0) is 0 Å². The van der Waals surface area contributed by atoms with Crippen LogP contribution in [-0.4, -0.2) is 13.1 Å². The molecule has 1 N–H and O–H groups in total. The Bertz CT molecular complexity index is 506. The largest absolute Gasteiger partial charge is 0.461 e. The van der Waals surface area contributed by atoms with Gasteiger partial charge in [0.15, 0.2) is 0 Å². The Labute approximate surface area is 113 Å². The fraction of sp³-hybridized carbons (Fsp3) is 0.467. The first-order valence-corrected chi connectivity index (χ1v) is 6.98. The minimum absolute atomic E-state index is 0.431. The first-order chi connectivity index (χ1) is 8.70. The second-order valence-corrected chi connectivity index (χ2v) is 5.21. The number of fused-ring (bicyclic) bond motifs is 1. The molecular weight excluding hydrogens is 246 g/mol. The molecule has 2 nitrogen and oxygen atoms in total. The minimum atomic E-state index is 0.431. The van der Waals surface area contributed by atoms with E-state index in [1.165, 1.54) is 6.42 Å². The maximum Gasteiger partial charge on any atom is 0.134 e. The number of halogens is 1. The van der Waals surface area contributed by atoms with Crippen LogP contribution in [0.15, 0.2) is 28.7 Å². The number of hydrogen-bond donors (Lipinski definition) is 1. The van der Waals surface area contributed by atoms with Crippen LogP contribution in [0.25, 0.3) is 11.0 Å². The van der Waals surface area contributed by atoms with E-state index in [0.29, 0.717) is 5.92 Å². The Morgan fingerprint density at radius 1 is 1.28 bits per heavy atom. The third-order valence-electron chi connectivity index (χ3n) is 3.16. The first-order valence-electron chi connectivity index (χ1n) is 6.60. The van der Waals surface area contributed by atoms with Crippen LogP contribution in [0, 0.1) is 0 Å². The van der Waals surface area contributed by atoms with Crippen molar-refractivity contribution in [2.75, 3.05) is 13.1 Å². The van der Waals surface area contributed by atoms with Crippen LogP contribution < -0.4 is 5.32 Å².